The van der Waals surface area contributed by atoms with Crippen LogP contribution >= 0.6 is 0 Å². The number of rotatable bonds is 6. The Hall–Kier alpha value is -3.79. The van der Waals surface area contributed by atoms with Crippen LogP contribution in [0, 0.1) is 5.92 Å². The average Bonchev–Trinajstić information content (AvgIpc) is 3.58. The van der Waals surface area contributed by atoms with Crippen molar-refractivity contribution >= 4 is 17.6 Å². The number of nitrogens with one attached hydrogen (secondary N) is 3. The molecule has 4 unspecified atom stereocenters. The lowest BCUT2D eigenvalue weighted by molar-refractivity contribution is -0.137. The largest absolute Gasteiger partial charge is 0.368 e. The first-order valence-electron chi connectivity index (χ1n) is 12.8. The Morgan fingerprint density at radius 2 is 1.78 bits per heavy atom. The van der Waals surface area contributed by atoms with E-state index in [0.29, 0.717) is 6.54 Å². The number of benzene rings is 2. The number of nitrogens with zero attached hydrogens (tertiary/aromatic N) is 4. The molecule has 0 saturated carbocycles. The topological polar surface area (TPSA) is 92.8 Å². The number of urea groups is 1. The molecular formula is C28H31N7O2. The van der Waals surface area contributed by atoms with Gasteiger partial charge in [-0.3, -0.25) is 14.7 Å². The van der Waals surface area contributed by atoms with Crippen LogP contribution in [0.15, 0.2) is 79.0 Å². The van der Waals surface area contributed by atoms with Gasteiger partial charge in [0.25, 0.3) is 0 Å². The molecular weight excluding hydrogens is 466 g/mol. The Morgan fingerprint density at radius 3 is 2.49 bits per heavy atom. The van der Waals surface area contributed by atoms with E-state index in [1.165, 1.54) is 4.90 Å². The van der Waals surface area contributed by atoms with Crippen molar-refractivity contribution in [3.8, 4) is 11.3 Å². The monoisotopic (exact) mass is 497 g/mol. The van der Waals surface area contributed by atoms with Crippen molar-refractivity contribution in [2.75, 3.05) is 25.5 Å². The highest BCUT2D eigenvalue weighted by molar-refractivity contribution is 5.99. The Balaban J connectivity index is 1.31. The quantitative estimate of drug-likeness (QED) is 0.482. The minimum absolute atomic E-state index is 0.0398. The summed E-state index contributed by atoms with van der Waals surface area (Å²) < 4.78 is 0. The third-order valence-corrected chi connectivity index (χ3v) is 7.52. The number of hydrogen-bond acceptors (Lipinski definition) is 7. The Bertz CT molecular complexity index is 1250. The van der Waals surface area contributed by atoms with E-state index in [0.717, 1.165) is 42.0 Å². The van der Waals surface area contributed by atoms with Gasteiger partial charge in [0.05, 0.1) is 5.69 Å². The molecule has 3 N–H and O–H groups in total. The summed E-state index contributed by atoms with van der Waals surface area (Å²) in [5.41, 5.74) is 7.54. The smallest absolute Gasteiger partial charge is 0.328 e. The second-order valence-corrected chi connectivity index (χ2v) is 9.83. The first-order valence-corrected chi connectivity index (χ1v) is 12.8. The summed E-state index contributed by atoms with van der Waals surface area (Å²) in [5.74, 6) is -0.637. The summed E-state index contributed by atoms with van der Waals surface area (Å²) in [4.78, 5) is 34.4. The number of hydrazine groups is 1. The molecule has 3 saturated heterocycles. The van der Waals surface area contributed by atoms with Crippen LogP contribution in [0.4, 0.5) is 10.5 Å². The first-order chi connectivity index (χ1) is 18.1. The van der Waals surface area contributed by atoms with Crippen LogP contribution in [-0.4, -0.2) is 70.2 Å². The zero-order valence-electron chi connectivity index (χ0n) is 20.7. The molecule has 3 aromatic rings. The fraction of sp³-hybridized carbons (Fsp3) is 0.321. The van der Waals surface area contributed by atoms with Crippen LogP contribution in [0.5, 0.6) is 0 Å². The van der Waals surface area contributed by atoms with Gasteiger partial charge in [-0.15, -0.1) is 0 Å². The summed E-state index contributed by atoms with van der Waals surface area (Å²) in [6.07, 6.45) is 1.89. The standard InChI is InChI=1S/C28H31N7O2/c1-33-27(36)24-25(31-21-7-3-2-4-8-21)34(32-26(24)35(28(33)37)22-14-16-29-17-22)18-19-10-12-20(13-11-19)23-9-5-6-15-30-23/h2-13,15,22,24-26,29,31-32H,14,16-18H2,1H3. The normalized spacial score (nSPS) is 26.0. The fourth-order valence-electron chi connectivity index (χ4n) is 5.60. The molecule has 1 aromatic heterocycles. The third-order valence-electron chi connectivity index (χ3n) is 7.52. The molecule has 3 amide bonds. The van der Waals surface area contributed by atoms with E-state index in [1.807, 2.05) is 53.4 Å². The Kier molecular flexibility index (Phi) is 6.33. The predicted octanol–water partition coefficient (Wildman–Crippen LogP) is 2.71. The summed E-state index contributed by atoms with van der Waals surface area (Å²) in [7, 11) is 1.59. The van der Waals surface area contributed by atoms with Crippen molar-refractivity contribution in [2.24, 2.45) is 5.92 Å². The van der Waals surface area contributed by atoms with Crippen molar-refractivity contribution in [3.05, 3.63) is 84.6 Å². The van der Waals surface area contributed by atoms with Gasteiger partial charge in [0.1, 0.15) is 18.2 Å². The van der Waals surface area contributed by atoms with Gasteiger partial charge in [-0.2, -0.15) is 0 Å². The SMILES string of the molecule is CN1C(=O)C2C(Nc3ccccc3)N(Cc3ccc(-c4ccccn4)cc3)NC2N(C2CCNC2)C1=O. The minimum Gasteiger partial charge on any atom is -0.368 e. The lowest BCUT2D eigenvalue weighted by Crippen LogP contribution is -2.66. The minimum atomic E-state index is -0.462. The van der Waals surface area contributed by atoms with Crippen LogP contribution < -0.4 is 16.1 Å². The van der Waals surface area contributed by atoms with E-state index in [1.54, 1.807) is 13.2 Å². The molecule has 2 aromatic carbocycles. The molecule has 4 atom stereocenters. The van der Waals surface area contributed by atoms with Crippen LogP contribution in [0.1, 0.15) is 12.0 Å². The van der Waals surface area contributed by atoms with Gasteiger partial charge in [0.15, 0.2) is 0 Å². The zero-order chi connectivity index (χ0) is 25.4. The van der Waals surface area contributed by atoms with Gasteiger partial charge in [0, 0.05) is 43.6 Å². The fourth-order valence-corrected chi connectivity index (χ4v) is 5.60. The van der Waals surface area contributed by atoms with Gasteiger partial charge >= 0.3 is 6.03 Å². The van der Waals surface area contributed by atoms with Gasteiger partial charge in [-0.05, 0) is 42.8 Å². The maximum Gasteiger partial charge on any atom is 0.328 e. The number of hydrogen-bond donors (Lipinski definition) is 3. The summed E-state index contributed by atoms with van der Waals surface area (Å²) in [6, 6.07) is 23.9. The van der Waals surface area contributed by atoms with Crippen LogP contribution in [0.2, 0.25) is 0 Å². The predicted molar refractivity (Wildman–Crippen MR) is 141 cm³/mol. The van der Waals surface area contributed by atoms with E-state index >= 15 is 0 Å². The van der Waals surface area contributed by atoms with Gasteiger partial charge in [-0.25, -0.2) is 15.2 Å². The zero-order valence-corrected chi connectivity index (χ0v) is 20.7. The molecule has 0 radical (unpaired) electrons. The molecule has 3 aliphatic heterocycles. The number of carbonyl (C=O) groups excluding carboxylic acids is 2. The van der Waals surface area contributed by atoms with Crippen LogP contribution in [0.25, 0.3) is 11.3 Å². The van der Waals surface area contributed by atoms with Crippen molar-refractivity contribution in [1.82, 2.24) is 30.5 Å². The summed E-state index contributed by atoms with van der Waals surface area (Å²) in [6.45, 7) is 2.15. The highest BCUT2D eigenvalue weighted by atomic mass is 16.2. The highest BCUT2D eigenvalue weighted by Gasteiger charge is 2.56. The third kappa shape index (κ3) is 4.46. The lowest BCUT2D eigenvalue weighted by atomic mass is 9.96. The molecule has 9 nitrogen and oxygen atoms in total. The van der Waals surface area contributed by atoms with Crippen LogP contribution in [-0.2, 0) is 11.3 Å². The molecule has 37 heavy (non-hydrogen) atoms. The number of pyridine rings is 1. The maximum atomic E-state index is 13.5. The number of anilines is 1. The number of para-hydroxylation sites is 1. The molecule has 0 bridgehead atoms. The second kappa shape index (κ2) is 9.93. The van der Waals surface area contributed by atoms with E-state index in [2.05, 4.69) is 50.3 Å². The number of aromatic nitrogens is 1. The molecule has 4 heterocycles. The molecule has 6 rings (SSSR count). The van der Waals surface area contributed by atoms with Crippen molar-refractivity contribution in [3.63, 3.8) is 0 Å². The number of amides is 3. The Labute approximate surface area is 216 Å². The van der Waals surface area contributed by atoms with Crippen molar-refractivity contribution < 1.29 is 9.59 Å². The first kappa shape index (κ1) is 23.6. The van der Waals surface area contributed by atoms with Crippen LogP contribution in [0.3, 0.4) is 0 Å². The summed E-state index contributed by atoms with van der Waals surface area (Å²) in [5, 5.41) is 9.00. The molecule has 3 aliphatic rings. The van der Waals surface area contributed by atoms with E-state index in [9.17, 15) is 9.59 Å². The number of imide groups is 1. The van der Waals surface area contributed by atoms with Gasteiger partial charge in [0.2, 0.25) is 5.91 Å². The van der Waals surface area contributed by atoms with Gasteiger partial charge < -0.3 is 15.5 Å². The summed E-state index contributed by atoms with van der Waals surface area (Å²) >= 11 is 0. The number of carbonyl (C=O) groups is 2. The molecule has 0 aliphatic carbocycles. The molecule has 3 fully saturated rings. The second-order valence-electron chi connectivity index (χ2n) is 9.83. The maximum absolute atomic E-state index is 13.5. The van der Waals surface area contributed by atoms with E-state index in [-0.39, 0.29) is 24.1 Å². The highest BCUT2D eigenvalue weighted by Crippen LogP contribution is 2.35. The molecule has 190 valence electrons. The Morgan fingerprint density at radius 1 is 1.00 bits per heavy atom. The lowest BCUT2D eigenvalue weighted by Gasteiger charge is -2.43. The average molecular weight is 498 g/mol. The number of fused-ring (bicyclic) bond motifs is 1. The molecule has 9 heteroatoms. The van der Waals surface area contributed by atoms with Gasteiger partial charge in [-0.1, -0.05) is 48.5 Å². The van der Waals surface area contributed by atoms with Crippen molar-refractivity contribution in [1.29, 1.82) is 0 Å². The van der Waals surface area contributed by atoms with Crippen molar-refractivity contribution in [2.45, 2.75) is 31.3 Å². The van der Waals surface area contributed by atoms with E-state index in [4.69, 9.17) is 0 Å². The van der Waals surface area contributed by atoms with E-state index < -0.39 is 12.1 Å². The molecule has 0 spiro atoms.